The number of aromatic carboxylic acids is 1. The highest BCUT2D eigenvalue weighted by Crippen LogP contribution is 2.22. The number of hydrogen-bond acceptors (Lipinski definition) is 3. The lowest BCUT2D eigenvalue weighted by Crippen LogP contribution is -1.98. The third-order valence-corrected chi connectivity index (χ3v) is 2.73. The van der Waals surface area contributed by atoms with E-state index in [9.17, 15) is 4.79 Å². The standard InChI is InChI=1S/C6H3Cl2NO2.C5H3Cl2N/c7-3-1-9-2-4(8)5(3)6(10)11;6-4-1-5(7)3-8-2-4/h1-2H,(H,10,11);1-3H. The molecule has 2 aromatic heterocycles. The average Bonchev–Trinajstić information content (AvgIpc) is 2.28. The third-order valence-electron chi connectivity index (χ3n) is 1.74. The first-order valence-corrected chi connectivity index (χ1v) is 6.21. The topological polar surface area (TPSA) is 63.1 Å². The van der Waals surface area contributed by atoms with Crippen LogP contribution in [0.2, 0.25) is 20.1 Å². The van der Waals surface area contributed by atoms with Gasteiger partial charge in [0.1, 0.15) is 0 Å². The molecule has 2 heterocycles. The van der Waals surface area contributed by atoms with Crippen molar-refractivity contribution < 1.29 is 9.90 Å². The van der Waals surface area contributed by atoms with Crippen LogP contribution in [-0.4, -0.2) is 21.0 Å². The molecule has 19 heavy (non-hydrogen) atoms. The summed E-state index contributed by atoms with van der Waals surface area (Å²) in [5, 5.41) is 9.78. The van der Waals surface area contributed by atoms with Crippen molar-refractivity contribution in [1.82, 2.24) is 9.97 Å². The van der Waals surface area contributed by atoms with Crippen LogP contribution in [0, 0.1) is 0 Å². The van der Waals surface area contributed by atoms with Gasteiger partial charge < -0.3 is 5.11 Å². The number of carboxylic acids is 1. The third kappa shape index (κ3) is 5.20. The smallest absolute Gasteiger partial charge is 0.338 e. The Balaban J connectivity index is 0.000000200. The van der Waals surface area contributed by atoms with Crippen molar-refractivity contribution >= 4 is 52.4 Å². The molecule has 0 aromatic carbocycles. The number of pyridine rings is 2. The molecule has 0 aliphatic rings. The zero-order valence-electron chi connectivity index (χ0n) is 9.15. The van der Waals surface area contributed by atoms with E-state index >= 15 is 0 Å². The van der Waals surface area contributed by atoms with Crippen LogP contribution >= 0.6 is 46.4 Å². The lowest BCUT2D eigenvalue weighted by atomic mass is 10.3. The summed E-state index contributed by atoms with van der Waals surface area (Å²) in [5.74, 6) is -1.15. The van der Waals surface area contributed by atoms with Crippen LogP contribution < -0.4 is 0 Å². The minimum atomic E-state index is -1.15. The number of carbonyl (C=O) groups is 1. The molecule has 2 rings (SSSR count). The number of aromatic nitrogens is 2. The SMILES string of the molecule is Clc1cncc(Cl)c1.O=C(O)c1c(Cl)cncc1Cl. The fraction of sp³-hybridized carbons (Fsp3) is 0. The van der Waals surface area contributed by atoms with E-state index in [2.05, 4.69) is 9.97 Å². The Kier molecular flexibility index (Phi) is 6.31. The number of rotatable bonds is 1. The predicted molar refractivity (Wildman–Crippen MR) is 75.5 cm³/mol. The van der Waals surface area contributed by atoms with E-state index in [1.54, 1.807) is 6.07 Å². The lowest BCUT2D eigenvalue weighted by molar-refractivity contribution is 0.0697. The van der Waals surface area contributed by atoms with Crippen LogP contribution in [0.5, 0.6) is 0 Å². The van der Waals surface area contributed by atoms with Crippen molar-refractivity contribution in [3.05, 3.63) is 56.5 Å². The molecule has 0 radical (unpaired) electrons. The monoisotopic (exact) mass is 338 g/mol. The molecule has 0 bridgehead atoms. The van der Waals surface area contributed by atoms with Crippen molar-refractivity contribution in [3.63, 3.8) is 0 Å². The van der Waals surface area contributed by atoms with Gasteiger partial charge in [-0.15, -0.1) is 0 Å². The van der Waals surface area contributed by atoms with Gasteiger partial charge in [-0.3, -0.25) is 9.97 Å². The molecule has 0 saturated heterocycles. The maximum Gasteiger partial charge on any atom is 0.338 e. The van der Waals surface area contributed by atoms with Gasteiger partial charge in [-0.1, -0.05) is 46.4 Å². The molecule has 0 spiro atoms. The van der Waals surface area contributed by atoms with Crippen molar-refractivity contribution in [2.75, 3.05) is 0 Å². The van der Waals surface area contributed by atoms with Crippen LogP contribution in [0.25, 0.3) is 0 Å². The summed E-state index contributed by atoms with van der Waals surface area (Å²) in [6, 6.07) is 1.64. The summed E-state index contributed by atoms with van der Waals surface area (Å²) < 4.78 is 0. The molecule has 0 fully saturated rings. The molecular weight excluding hydrogens is 334 g/mol. The molecule has 0 unspecified atom stereocenters. The maximum absolute atomic E-state index is 10.4. The minimum absolute atomic E-state index is 0.0463. The molecule has 8 heteroatoms. The van der Waals surface area contributed by atoms with Gasteiger partial charge >= 0.3 is 5.97 Å². The number of halogens is 4. The van der Waals surface area contributed by atoms with E-state index in [0.717, 1.165) is 0 Å². The zero-order chi connectivity index (χ0) is 14.4. The molecule has 0 atom stereocenters. The summed E-state index contributed by atoms with van der Waals surface area (Å²) in [6.45, 7) is 0. The second-order valence-corrected chi connectivity index (χ2v) is 4.79. The summed E-state index contributed by atoms with van der Waals surface area (Å²) in [4.78, 5) is 17.8. The van der Waals surface area contributed by atoms with Gasteiger partial charge in [0.15, 0.2) is 0 Å². The largest absolute Gasteiger partial charge is 0.478 e. The van der Waals surface area contributed by atoms with Gasteiger partial charge in [-0.05, 0) is 6.07 Å². The first-order chi connectivity index (χ1) is 8.91. The lowest BCUT2D eigenvalue weighted by Gasteiger charge is -1.98. The molecule has 0 saturated carbocycles. The molecule has 0 aliphatic carbocycles. The van der Waals surface area contributed by atoms with Gasteiger partial charge in [0.05, 0.1) is 25.7 Å². The number of hydrogen-bond donors (Lipinski definition) is 1. The Morgan fingerprint density at radius 1 is 0.895 bits per heavy atom. The molecule has 2 aromatic rings. The minimum Gasteiger partial charge on any atom is -0.478 e. The normalized spacial score (nSPS) is 9.47. The number of nitrogens with zero attached hydrogens (tertiary/aromatic N) is 2. The molecule has 1 N–H and O–H groups in total. The van der Waals surface area contributed by atoms with Gasteiger partial charge in [-0.2, -0.15) is 0 Å². The summed E-state index contributed by atoms with van der Waals surface area (Å²) in [7, 11) is 0. The Morgan fingerprint density at radius 2 is 1.32 bits per heavy atom. The Hall–Kier alpha value is -1.07. The summed E-state index contributed by atoms with van der Waals surface area (Å²) >= 11 is 22.0. The zero-order valence-corrected chi connectivity index (χ0v) is 12.2. The quantitative estimate of drug-likeness (QED) is 0.832. The van der Waals surface area contributed by atoms with E-state index in [-0.39, 0.29) is 15.6 Å². The van der Waals surface area contributed by atoms with E-state index in [4.69, 9.17) is 51.5 Å². The Bertz CT molecular complexity index is 555. The summed E-state index contributed by atoms with van der Waals surface area (Å²) in [5.41, 5.74) is -0.108. The van der Waals surface area contributed by atoms with Crippen molar-refractivity contribution in [3.8, 4) is 0 Å². The van der Waals surface area contributed by atoms with Crippen molar-refractivity contribution in [1.29, 1.82) is 0 Å². The highest BCUT2D eigenvalue weighted by Gasteiger charge is 2.12. The fourth-order valence-corrected chi connectivity index (χ4v) is 1.93. The Morgan fingerprint density at radius 3 is 1.58 bits per heavy atom. The highest BCUT2D eigenvalue weighted by molar-refractivity contribution is 6.39. The van der Waals surface area contributed by atoms with Crippen LogP contribution in [0.1, 0.15) is 10.4 Å². The average molecular weight is 340 g/mol. The fourth-order valence-electron chi connectivity index (χ4n) is 1.00. The molecule has 0 aliphatic heterocycles. The van der Waals surface area contributed by atoms with Gasteiger partial charge in [0.2, 0.25) is 0 Å². The van der Waals surface area contributed by atoms with E-state index < -0.39 is 5.97 Å². The van der Waals surface area contributed by atoms with Crippen LogP contribution in [0.15, 0.2) is 30.9 Å². The van der Waals surface area contributed by atoms with Crippen LogP contribution in [0.4, 0.5) is 0 Å². The number of carboxylic acid groups (broad SMARTS) is 1. The first-order valence-electron chi connectivity index (χ1n) is 4.70. The van der Waals surface area contributed by atoms with E-state index in [1.807, 2.05) is 0 Å². The molecular formula is C11H6Cl4N2O2. The van der Waals surface area contributed by atoms with Gasteiger partial charge in [0, 0.05) is 24.8 Å². The van der Waals surface area contributed by atoms with Gasteiger partial charge in [0.25, 0.3) is 0 Å². The molecule has 4 nitrogen and oxygen atoms in total. The van der Waals surface area contributed by atoms with Gasteiger partial charge in [-0.25, -0.2) is 4.79 Å². The van der Waals surface area contributed by atoms with Crippen LogP contribution in [0.3, 0.4) is 0 Å². The molecule has 100 valence electrons. The second-order valence-electron chi connectivity index (χ2n) is 3.10. The highest BCUT2D eigenvalue weighted by atomic mass is 35.5. The van der Waals surface area contributed by atoms with Crippen LogP contribution in [-0.2, 0) is 0 Å². The van der Waals surface area contributed by atoms with E-state index in [0.29, 0.717) is 10.0 Å². The summed E-state index contributed by atoms with van der Waals surface area (Å²) in [6.07, 6.45) is 5.54. The van der Waals surface area contributed by atoms with E-state index in [1.165, 1.54) is 24.8 Å². The predicted octanol–water partition coefficient (Wildman–Crippen LogP) is 4.48. The maximum atomic E-state index is 10.4. The second kappa shape index (κ2) is 7.50. The van der Waals surface area contributed by atoms with Crippen molar-refractivity contribution in [2.24, 2.45) is 0 Å². The first kappa shape index (κ1) is 16.0. The Labute approximate surface area is 128 Å². The molecule has 0 amide bonds. The van der Waals surface area contributed by atoms with Crippen molar-refractivity contribution in [2.45, 2.75) is 0 Å².